The monoisotopic (exact) mass is 364 g/mol. The Balaban J connectivity index is 1.91. The normalized spacial score (nSPS) is 16.0. The van der Waals surface area contributed by atoms with Gasteiger partial charge in [0, 0.05) is 16.8 Å². The number of allylic oxidation sites excluding steroid dienone is 1. The van der Waals surface area contributed by atoms with Crippen LogP contribution in [0.25, 0.3) is 11.3 Å². The molecule has 7 nitrogen and oxygen atoms in total. The number of nitrogens with one attached hydrogen (secondary N) is 2. The summed E-state index contributed by atoms with van der Waals surface area (Å²) >= 11 is 0. The van der Waals surface area contributed by atoms with E-state index in [0.717, 1.165) is 35.2 Å². The largest absolute Gasteiger partial charge is 0.420 e. The smallest absolute Gasteiger partial charge is 0.244 e. The Morgan fingerprint density at radius 3 is 2.78 bits per heavy atom. The van der Waals surface area contributed by atoms with Crippen molar-refractivity contribution >= 4 is 0 Å². The second-order valence-electron chi connectivity index (χ2n) is 6.30. The molecule has 2 aromatic heterocycles. The molecule has 0 unspecified atom stereocenters. The van der Waals surface area contributed by atoms with Crippen molar-refractivity contribution in [1.29, 1.82) is 5.26 Å². The van der Waals surface area contributed by atoms with Crippen LogP contribution >= 0.6 is 0 Å². The first-order valence-electron chi connectivity index (χ1n) is 8.58. The van der Waals surface area contributed by atoms with Gasteiger partial charge >= 0.3 is 0 Å². The number of ether oxygens (including phenoxy) is 1. The summed E-state index contributed by atoms with van der Waals surface area (Å²) in [5.74, 6) is -0.407. The first-order chi connectivity index (χ1) is 13.1. The quantitative estimate of drug-likeness (QED) is 0.658. The fourth-order valence-electron chi connectivity index (χ4n) is 3.42. The number of fused-ring (bicyclic) bond motifs is 1. The summed E-state index contributed by atoms with van der Waals surface area (Å²) in [6, 6.07) is 8.25. The van der Waals surface area contributed by atoms with Crippen LogP contribution in [-0.2, 0) is 6.42 Å². The van der Waals surface area contributed by atoms with Gasteiger partial charge in [-0.3, -0.25) is 10.2 Å². The van der Waals surface area contributed by atoms with Gasteiger partial charge in [-0.2, -0.15) is 10.4 Å². The number of rotatable bonds is 4. The van der Waals surface area contributed by atoms with E-state index in [9.17, 15) is 9.65 Å². The fraction of sp³-hybridized carbons (Fsp3) is 0.211. The van der Waals surface area contributed by atoms with Crippen LogP contribution in [0, 0.1) is 17.1 Å². The van der Waals surface area contributed by atoms with Gasteiger partial charge in [-0.1, -0.05) is 13.3 Å². The summed E-state index contributed by atoms with van der Waals surface area (Å²) in [5.41, 5.74) is 10.2. The molecule has 4 N–H and O–H groups in total. The van der Waals surface area contributed by atoms with Crippen LogP contribution in [0.2, 0.25) is 0 Å². The molecular formula is C19H17FN6O. The number of nitrogens with two attached hydrogens (primary N) is 1. The molecule has 0 aliphatic carbocycles. The van der Waals surface area contributed by atoms with Crippen molar-refractivity contribution < 1.29 is 9.13 Å². The maximum Gasteiger partial charge on any atom is 0.244 e. The minimum absolute atomic E-state index is 0.0239. The van der Waals surface area contributed by atoms with Crippen LogP contribution in [0.3, 0.4) is 0 Å². The van der Waals surface area contributed by atoms with E-state index >= 15 is 0 Å². The van der Waals surface area contributed by atoms with E-state index in [0.29, 0.717) is 17.1 Å². The first-order valence-corrected chi connectivity index (χ1v) is 8.58. The van der Waals surface area contributed by atoms with Crippen LogP contribution < -0.4 is 10.5 Å². The van der Waals surface area contributed by atoms with Crippen molar-refractivity contribution in [2.45, 2.75) is 25.7 Å². The van der Waals surface area contributed by atoms with Crippen LogP contribution in [0.5, 0.6) is 5.88 Å². The highest BCUT2D eigenvalue weighted by atomic mass is 19.1. The van der Waals surface area contributed by atoms with E-state index in [-0.39, 0.29) is 11.7 Å². The third-order valence-corrected chi connectivity index (χ3v) is 4.63. The number of nitrogens with zero attached hydrogens (tertiary/aromatic N) is 3. The van der Waals surface area contributed by atoms with Crippen LogP contribution in [-0.4, -0.2) is 20.4 Å². The van der Waals surface area contributed by atoms with Crippen LogP contribution in [0.1, 0.15) is 36.1 Å². The van der Waals surface area contributed by atoms with Gasteiger partial charge in [0.1, 0.15) is 17.5 Å². The standard InChI is InChI=1S/C19H17FN6O/c1-2-3-14-16-15(12(8-21)18(22)27-19(16)26-24-14)13-9-23-25-17(13)10-4-6-11(20)7-5-10/h4-7,9,15H,2-3,22H2,1H3,(H,23,25)(H,24,26)/t15-/m1/s1. The predicted molar refractivity (Wildman–Crippen MR) is 95.9 cm³/mol. The second-order valence-corrected chi connectivity index (χ2v) is 6.30. The van der Waals surface area contributed by atoms with Gasteiger partial charge in [0.25, 0.3) is 0 Å². The Morgan fingerprint density at radius 1 is 1.30 bits per heavy atom. The zero-order valence-electron chi connectivity index (χ0n) is 14.6. The number of halogens is 1. The van der Waals surface area contributed by atoms with Gasteiger partial charge in [-0.05, 0) is 30.7 Å². The molecular weight excluding hydrogens is 347 g/mol. The number of aromatic nitrogens is 4. The van der Waals surface area contributed by atoms with Gasteiger partial charge in [0.2, 0.25) is 11.8 Å². The Bertz CT molecular complexity index is 1060. The molecule has 0 saturated carbocycles. The predicted octanol–water partition coefficient (Wildman–Crippen LogP) is 3.11. The van der Waals surface area contributed by atoms with E-state index in [2.05, 4.69) is 33.4 Å². The van der Waals surface area contributed by atoms with E-state index in [1.54, 1.807) is 18.3 Å². The number of benzene rings is 1. The Hall–Kier alpha value is -3.60. The van der Waals surface area contributed by atoms with Gasteiger partial charge < -0.3 is 10.5 Å². The summed E-state index contributed by atoms with van der Waals surface area (Å²) in [7, 11) is 0. The van der Waals surface area contributed by atoms with E-state index < -0.39 is 5.92 Å². The van der Waals surface area contributed by atoms with E-state index in [1.807, 2.05) is 0 Å². The third kappa shape index (κ3) is 2.73. The SMILES string of the molecule is CCCc1[nH]nc2c1[C@@H](c1cn[nH]c1-c1ccc(F)cc1)C(C#N)=C(N)O2. The van der Waals surface area contributed by atoms with Crippen molar-refractivity contribution in [3.63, 3.8) is 0 Å². The maximum absolute atomic E-state index is 13.3. The molecule has 0 amide bonds. The van der Waals surface area contributed by atoms with Gasteiger partial charge in [0.15, 0.2) is 0 Å². The minimum Gasteiger partial charge on any atom is -0.420 e. The highest BCUT2D eigenvalue weighted by Gasteiger charge is 2.37. The topological polar surface area (TPSA) is 116 Å². The average molecular weight is 364 g/mol. The van der Waals surface area contributed by atoms with Crippen molar-refractivity contribution in [3.8, 4) is 23.2 Å². The molecule has 0 bridgehead atoms. The number of nitriles is 1. The average Bonchev–Trinajstić information content (AvgIpc) is 3.29. The van der Waals surface area contributed by atoms with Crippen molar-refractivity contribution in [3.05, 3.63) is 64.6 Å². The highest BCUT2D eigenvalue weighted by molar-refractivity contribution is 5.68. The molecule has 1 atom stereocenters. The molecule has 4 rings (SSSR count). The second kappa shape index (κ2) is 6.61. The Labute approximate surface area is 154 Å². The highest BCUT2D eigenvalue weighted by Crippen LogP contribution is 2.45. The maximum atomic E-state index is 13.3. The minimum atomic E-state index is -0.474. The summed E-state index contributed by atoms with van der Waals surface area (Å²) in [5, 5.41) is 24.1. The van der Waals surface area contributed by atoms with Crippen LogP contribution in [0.15, 0.2) is 41.9 Å². The molecule has 0 saturated heterocycles. The van der Waals surface area contributed by atoms with Gasteiger partial charge in [-0.15, -0.1) is 5.10 Å². The zero-order valence-corrected chi connectivity index (χ0v) is 14.6. The number of hydrogen-bond donors (Lipinski definition) is 3. The molecule has 1 aliphatic heterocycles. The molecule has 3 heterocycles. The summed E-state index contributed by atoms with van der Waals surface area (Å²) in [6.45, 7) is 2.06. The lowest BCUT2D eigenvalue weighted by molar-refractivity contribution is 0.379. The Morgan fingerprint density at radius 2 is 2.07 bits per heavy atom. The first kappa shape index (κ1) is 16.8. The molecule has 1 aromatic carbocycles. The summed E-state index contributed by atoms with van der Waals surface area (Å²) in [6.07, 6.45) is 3.31. The molecule has 0 radical (unpaired) electrons. The number of aryl methyl sites for hydroxylation is 1. The van der Waals surface area contributed by atoms with Crippen LogP contribution in [0.4, 0.5) is 4.39 Å². The van der Waals surface area contributed by atoms with Crippen molar-refractivity contribution in [2.24, 2.45) is 5.73 Å². The fourth-order valence-corrected chi connectivity index (χ4v) is 3.42. The summed E-state index contributed by atoms with van der Waals surface area (Å²) in [4.78, 5) is 0. The van der Waals surface area contributed by atoms with Crippen molar-refractivity contribution in [2.75, 3.05) is 0 Å². The zero-order chi connectivity index (χ0) is 19.0. The molecule has 1 aliphatic rings. The lowest BCUT2D eigenvalue weighted by Gasteiger charge is -2.23. The Kier molecular flexibility index (Phi) is 4.12. The van der Waals surface area contributed by atoms with E-state index in [4.69, 9.17) is 10.5 Å². The van der Waals surface area contributed by atoms with Crippen molar-refractivity contribution in [1.82, 2.24) is 20.4 Å². The lowest BCUT2D eigenvalue weighted by Crippen LogP contribution is -2.21. The van der Waals surface area contributed by atoms with E-state index in [1.165, 1.54) is 12.1 Å². The summed E-state index contributed by atoms with van der Waals surface area (Å²) < 4.78 is 18.9. The number of hydrogen-bond acceptors (Lipinski definition) is 5. The lowest BCUT2D eigenvalue weighted by atomic mass is 9.82. The number of H-pyrrole nitrogens is 2. The van der Waals surface area contributed by atoms with Gasteiger partial charge in [-0.25, -0.2) is 4.39 Å². The third-order valence-electron chi connectivity index (χ3n) is 4.63. The molecule has 136 valence electrons. The molecule has 27 heavy (non-hydrogen) atoms. The van der Waals surface area contributed by atoms with Gasteiger partial charge in [0.05, 0.1) is 23.4 Å². The molecule has 0 fully saturated rings. The molecule has 3 aromatic rings. The number of aromatic amines is 2. The molecule has 0 spiro atoms. The molecule has 8 heteroatoms.